The van der Waals surface area contributed by atoms with E-state index in [1.165, 1.54) is 6.08 Å². The number of carbonyl (C=O) groups is 2. The van der Waals surface area contributed by atoms with E-state index < -0.39 is 46.4 Å². The first-order chi connectivity index (χ1) is 15.0. The van der Waals surface area contributed by atoms with Crippen molar-refractivity contribution in [1.82, 2.24) is 5.48 Å². The first-order valence-corrected chi connectivity index (χ1v) is 8.92. The fourth-order valence-electron chi connectivity index (χ4n) is 2.22. The Labute approximate surface area is 183 Å². The molecule has 0 aromatic heterocycles. The van der Waals surface area contributed by atoms with E-state index in [1.54, 1.807) is 0 Å². The zero-order valence-corrected chi connectivity index (χ0v) is 16.7. The number of rotatable bonds is 9. The van der Waals surface area contributed by atoms with Crippen molar-refractivity contribution >= 4 is 29.2 Å². The molecule has 9 nitrogen and oxygen atoms in total. The van der Waals surface area contributed by atoms with Crippen molar-refractivity contribution in [1.29, 1.82) is 0 Å². The van der Waals surface area contributed by atoms with Gasteiger partial charge in [0.1, 0.15) is 23.7 Å². The zero-order chi connectivity index (χ0) is 23.9. The Hall–Kier alpha value is -3.64. The number of nitrogens with zero attached hydrogens (tertiary/aromatic N) is 1. The molecular formula is C19H14ClF3N2O7. The highest BCUT2D eigenvalue weighted by Crippen LogP contribution is 2.37. The number of halogens is 4. The van der Waals surface area contributed by atoms with Crippen LogP contribution in [0.5, 0.6) is 11.5 Å². The Bertz CT molecular complexity index is 1040. The summed E-state index contributed by atoms with van der Waals surface area (Å²) in [6.07, 6.45) is -3.30. The van der Waals surface area contributed by atoms with Crippen LogP contribution in [0.4, 0.5) is 18.9 Å². The summed E-state index contributed by atoms with van der Waals surface area (Å²) < 4.78 is 48.2. The van der Waals surface area contributed by atoms with Gasteiger partial charge in [-0.1, -0.05) is 24.3 Å². The molecule has 0 unspecified atom stereocenters. The van der Waals surface area contributed by atoms with Gasteiger partial charge >= 0.3 is 12.1 Å². The third kappa shape index (κ3) is 6.68. The van der Waals surface area contributed by atoms with Crippen LogP contribution in [0.15, 0.2) is 49.1 Å². The SMILES string of the molecule is C=CCOC(=O)CONC(=O)c1cc(Oc2ccc(C(F)(F)F)cc2Cl)ccc1[N+](=O)[O-]. The van der Waals surface area contributed by atoms with Gasteiger partial charge < -0.3 is 9.47 Å². The summed E-state index contributed by atoms with van der Waals surface area (Å²) in [5.74, 6) is -2.22. The highest BCUT2D eigenvalue weighted by atomic mass is 35.5. The Kier molecular flexibility index (Phi) is 8.15. The topological polar surface area (TPSA) is 117 Å². The molecule has 0 aliphatic heterocycles. The van der Waals surface area contributed by atoms with Gasteiger partial charge in [-0.15, -0.1) is 0 Å². The summed E-state index contributed by atoms with van der Waals surface area (Å²) >= 11 is 5.82. The normalized spacial score (nSPS) is 10.9. The summed E-state index contributed by atoms with van der Waals surface area (Å²) in [6.45, 7) is 2.59. The molecule has 2 aromatic rings. The van der Waals surface area contributed by atoms with Crippen molar-refractivity contribution in [3.05, 3.63) is 75.3 Å². The first-order valence-electron chi connectivity index (χ1n) is 8.54. The van der Waals surface area contributed by atoms with Crippen LogP contribution in [0.2, 0.25) is 5.02 Å². The molecule has 0 saturated carbocycles. The van der Waals surface area contributed by atoms with E-state index >= 15 is 0 Å². The average molecular weight is 475 g/mol. The Balaban J connectivity index is 2.19. The monoisotopic (exact) mass is 474 g/mol. The van der Waals surface area contributed by atoms with Gasteiger partial charge in [0.15, 0.2) is 6.61 Å². The molecule has 1 amide bonds. The number of carbonyl (C=O) groups excluding carboxylic acids is 2. The number of nitro benzene ring substituents is 1. The molecular weight excluding hydrogens is 461 g/mol. The lowest BCUT2D eigenvalue weighted by molar-refractivity contribution is -0.385. The highest BCUT2D eigenvalue weighted by Gasteiger charge is 2.31. The maximum atomic E-state index is 12.7. The summed E-state index contributed by atoms with van der Waals surface area (Å²) in [6, 6.07) is 5.37. The van der Waals surface area contributed by atoms with E-state index in [0.29, 0.717) is 6.07 Å². The minimum absolute atomic E-state index is 0.0759. The van der Waals surface area contributed by atoms with Gasteiger partial charge in [0.05, 0.1) is 15.5 Å². The van der Waals surface area contributed by atoms with E-state index in [-0.39, 0.29) is 23.1 Å². The molecule has 0 aliphatic rings. The lowest BCUT2D eigenvalue weighted by Gasteiger charge is -2.12. The van der Waals surface area contributed by atoms with Crippen molar-refractivity contribution in [3.63, 3.8) is 0 Å². The van der Waals surface area contributed by atoms with Crippen LogP contribution in [-0.4, -0.2) is 30.0 Å². The number of nitrogens with one attached hydrogen (secondary N) is 1. The molecule has 0 saturated heterocycles. The standard InChI is InChI=1S/C19H14ClF3N2O7/c1-2-7-30-17(26)10-31-24-18(27)13-9-12(4-5-15(13)25(28)29)32-16-6-3-11(8-14(16)20)19(21,22)23/h2-6,8-9H,1,7,10H2,(H,24,27). The van der Waals surface area contributed by atoms with Crippen LogP contribution in [0.25, 0.3) is 0 Å². The van der Waals surface area contributed by atoms with E-state index in [1.807, 2.05) is 5.48 Å². The van der Waals surface area contributed by atoms with Crippen LogP contribution < -0.4 is 10.2 Å². The van der Waals surface area contributed by atoms with Crippen LogP contribution in [0.3, 0.4) is 0 Å². The number of ether oxygens (including phenoxy) is 2. The minimum Gasteiger partial charge on any atom is -0.460 e. The van der Waals surface area contributed by atoms with Gasteiger partial charge in [-0.2, -0.15) is 13.2 Å². The molecule has 13 heteroatoms. The van der Waals surface area contributed by atoms with Crippen LogP contribution in [0, 0.1) is 10.1 Å². The average Bonchev–Trinajstić information content (AvgIpc) is 2.72. The molecule has 0 heterocycles. The van der Waals surface area contributed by atoms with Crippen molar-refractivity contribution in [2.75, 3.05) is 13.2 Å². The number of hydrogen-bond donors (Lipinski definition) is 1. The van der Waals surface area contributed by atoms with Crippen molar-refractivity contribution < 1.29 is 42.0 Å². The second-order valence-corrected chi connectivity index (χ2v) is 6.28. The molecule has 0 radical (unpaired) electrons. The number of hydrogen-bond acceptors (Lipinski definition) is 7. The molecule has 170 valence electrons. The summed E-state index contributed by atoms with van der Waals surface area (Å²) in [7, 11) is 0. The first kappa shape index (κ1) is 24.6. The van der Waals surface area contributed by atoms with Gasteiger partial charge in [-0.25, -0.2) is 10.3 Å². The van der Waals surface area contributed by atoms with Crippen molar-refractivity contribution in [2.24, 2.45) is 0 Å². The number of nitro groups is 1. The number of esters is 1. The second-order valence-electron chi connectivity index (χ2n) is 5.87. The van der Waals surface area contributed by atoms with Crippen LogP contribution >= 0.6 is 11.6 Å². The van der Waals surface area contributed by atoms with Gasteiger partial charge in [0.2, 0.25) is 0 Å². The highest BCUT2D eigenvalue weighted by molar-refractivity contribution is 6.32. The lowest BCUT2D eigenvalue weighted by Crippen LogP contribution is -2.28. The quantitative estimate of drug-likeness (QED) is 0.247. The second kappa shape index (κ2) is 10.6. The predicted octanol–water partition coefficient (Wildman–Crippen LogP) is 4.45. The number of hydroxylamine groups is 1. The van der Waals surface area contributed by atoms with Crippen LogP contribution in [0.1, 0.15) is 15.9 Å². The van der Waals surface area contributed by atoms with Crippen molar-refractivity contribution in [2.45, 2.75) is 6.18 Å². The molecule has 2 aromatic carbocycles. The van der Waals surface area contributed by atoms with Gasteiger partial charge in [-0.3, -0.25) is 19.7 Å². The molecule has 32 heavy (non-hydrogen) atoms. The molecule has 0 bridgehead atoms. The molecule has 0 atom stereocenters. The van der Waals surface area contributed by atoms with Gasteiger partial charge in [-0.05, 0) is 24.3 Å². The van der Waals surface area contributed by atoms with Gasteiger partial charge in [0, 0.05) is 12.1 Å². The third-order valence-electron chi connectivity index (χ3n) is 3.61. The summed E-state index contributed by atoms with van der Waals surface area (Å²) in [4.78, 5) is 38.6. The van der Waals surface area contributed by atoms with E-state index in [9.17, 15) is 32.9 Å². The third-order valence-corrected chi connectivity index (χ3v) is 3.91. The largest absolute Gasteiger partial charge is 0.460 e. The number of benzene rings is 2. The number of amides is 1. The fourth-order valence-corrected chi connectivity index (χ4v) is 2.43. The fraction of sp³-hybridized carbons (Fsp3) is 0.158. The van der Waals surface area contributed by atoms with Crippen LogP contribution in [-0.2, 0) is 20.5 Å². The molecule has 0 aliphatic carbocycles. The van der Waals surface area contributed by atoms with E-state index in [0.717, 1.165) is 30.3 Å². The smallest absolute Gasteiger partial charge is 0.416 e. The lowest BCUT2D eigenvalue weighted by atomic mass is 10.1. The molecule has 2 rings (SSSR count). The molecule has 0 fully saturated rings. The Morgan fingerprint density at radius 2 is 1.94 bits per heavy atom. The summed E-state index contributed by atoms with van der Waals surface area (Å²) in [5, 5.41) is 10.8. The maximum Gasteiger partial charge on any atom is 0.416 e. The van der Waals surface area contributed by atoms with Crippen molar-refractivity contribution in [3.8, 4) is 11.5 Å². The zero-order valence-electron chi connectivity index (χ0n) is 16.0. The maximum absolute atomic E-state index is 12.7. The predicted molar refractivity (Wildman–Crippen MR) is 104 cm³/mol. The van der Waals surface area contributed by atoms with Gasteiger partial charge in [0.25, 0.3) is 11.6 Å². The summed E-state index contributed by atoms with van der Waals surface area (Å²) in [5.41, 5.74) is -0.270. The molecule has 0 spiro atoms. The minimum atomic E-state index is -4.61. The van der Waals surface area contributed by atoms with E-state index in [2.05, 4.69) is 16.2 Å². The Morgan fingerprint density at radius 3 is 2.53 bits per heavy atom. The number of alkyl halides is 3. The van der Waals surface area contributed by atoms with E-state index in [4.69, 9.17) is 16.3 Å². The molecule has 1 N–H and O–H groups in total. The Morgan fingerprint density at radius 1 is 1.22 bits per heavy atom.